The molecule has 0 aromatic carbocycles. The maximum Gasteiger partial charge on any atom is 0.117 e. The van der Waals surface area contributed by atoms with Crippen LogP contribution in [0.3, 0.4) is 0 Å². The molecule has 3 nitrogen and oxygen atoms in total. The first-order valence-electron chi connectivity index (χ1n) is 7.43. The summed E-state index contributed by atoms with van der Waals surface area (Å²) in [5.74, 6) is 0. The number of nitrogens with zero attached hydrogens (tertiary/aromatic N) is 2. The highest BCUT2D eigenvalue weighted by Gasteiger charge is 2.19. The van der Waals surface area contributed by atoms with Crippen LogP contribution in [0.2, 0.25) is 0 Å². The predicted molar refractivity (Wildman–Crippen MR) is 77.1 cm³/mol. The van der Waals surface area contributed by atoms with E-state index in [1.807, 2.05) is 11.3 Å². The molecule has 1 saturated carbocycles. The highest BCUT2D eigenvalue weighted by molar-refractivity contribution is 7.11. The number of rotatable bonds is 10. The van der Waals surface area contributed by atoms with Crippen molar-refractivity contribution in [3.05, 3.63) is 10.0 Å². The Morgan fingerprint density at radius 3 is 2.44 bits per heavy atom. The number of aryl methyl sites for hydroxylation is 2. The summed E-state index contributed by atoms with van der Waals surface area (Å²) in [6, 6.07) is 0.827. The summed E-state index contributed by atoms with van der Waals surface area (Å²) in [6.45, 7) is 3.38. The molecule has 1 N–H and O–H groups in total. The van der Waals surface area contributed by atoms with Crippen LogP contribution in [0.1, 0.15) is 61.9 Å². The number of aromatic nitrogens is 2. The first kappa shape index (κ1) is 13.9. The molecule has 4 heteroatoms. The predicted octanol–water partition coefficient (Wildman–Crippen LogP) is 3.35. The molecular weight excluding hydrogens is 242 g/mol. The minimum absolute atomic E-state index is 0.827. The van der Waals surface area contributed by atoms with Crippen LogP contribution in [-0.4, -0.2) is 22.8 Å². The third-order valence-corrected chi connectivity index (χ3v) is 4.37. The molecule has 1 fully saturated rings. The fraction of sp³-hybridized carbons (Fsp3) is 0.857. The smallest absolute Gasteiger partial charge is 0.117 e. The number of nitrogens with one attached hydrogen (secondary N) is 1. The lowest BCUT2D eigenvalue weighted by molar-refractivity contribution is 0.642. The Hall–Kier alpha value is -0.480. The molecule has 0 unspecified atom stereocenters. The van der Waals surface area contributed by atoms with E-state index in [2.05, 4.69) is 22.4 Å². The van der Waals surface area contributed by atoms with Crippen molar-refractivity contribution in [3.63, 3.8) is 0 Å². The Kier molecular flexibility index (Phi) is 6.08. The van der Waals surface area contributed by atoms with Crippen LogP contribution in [0, 0.1) is 0 Å². The molecule has 2 rings (SSSR count). The van der Waals surface area contributed by atoms with Gasteiger partial charge in [0.15, 0.2) is 0 Å². The highest BCUT2D eigenvalue weighted by atomic mass is 32.1. The van der Waals surface area contributed by atoms with Gasteiger partial charge in [0.05, 0.1) is 0 Å². The number of hydrogen-bond acceptors (Lipinski definition) is 4. The van der Waals surface area contributed by atoms with Crippen LogP contribution in [-0.2, 0) is 12.8 Å². The zero-order valence-electron chi connectivity index (χ0n) is 11.5. The number of unbranched alkanes of at least 4 members (excludes halogenated alkanes) is 3. The van der Waals surface area contributed by atoms with Crippen LogP contribution in [0.5, 0.6) is 0 Å². The second-order valence-corrected chi connectivity index (χ2v) is 6.38. The van der Waals surface area contributed by atoms with Crippen molar-refractivity contribution in [2.75, 3.05) is 6.54 Å². The highest BCUT2D eigenvalue weighted by Crippen LogP contribution is 2.19. The maximum atomic E-state index is 4.29. The molecule has 1 aliphatic carbocycles. The maximum absolute atomic E-state index is 4.29. The molecule has 0 atom stereocenters. The van der Waals surface area contributed by atoms with Crippen molar-refractivity contribution in [2.45, 2.75) is 70.8 Å². The Morgan fingerprint density at radius 2 is 1.78 bits per heavy atom. The molecule has 102 valence electrons. The lowest BCUT2D eigenvalue weighted by atomic mass is 10.2. The summed E-state index contributed by atoms with van der Waals surface area (Å²) < 4.78 is 0. The van der Waals surface area contributed by atoms with Crippen molar-refractivity contribution in [2.24, 2.45) is 0 Å². The van der Waals surface area contributed by atoms with Gasteiger partial charge >= 0.3 is 0 Å². The SMILES string of the molecule is CCCCCCc1nnc(CCCNC2CC2)s1. The molecule has 18 heavy (non-hydrogen) atoms. The zero-order valence-corrected chi connectivity index (χ0v) is 12.3. The van der Waals surface area contributed by atoms with Gasteiger partial charge in [0.25, 0.3) is 0 Å². The Balaban J connectivity index is 1.56. The van der Waals surface area contributed by atoms with E-state index in [-0.39, 0.29) is 0 Å². The van der Waals surface area contributed by atoms with Crippen molar-refractivity contribution in [3.8, 4) is 0 Å². The first-order valence-corrected chi connectivity index (χ1v) is 8.24. The fourth-order valence-electron chi connectivity index (χ4n) is 2.03. The Bertz CT molecular complexity index is 334. The summed E-state index contributed by atoms with van der Waals surface area (Å²) >= 11 is 1.82. The third kappa shape index (κ3) is 5.44. The van der Waals surface area contributed by atoms with E-state index in [0.717, 1.165) is 25.4 Å². The average molecular weight is 267 g/mol. The molecule has 0 aliphatic heterocycles. The Labute approximate surface area is 114 Å². The largest absolute Gasteiger partial charge is 0.314 e. The van der Waals surface area contributed by atoms with Gasteiger partial charge in [-0.2, -0.15) is 0 Å². The van der Waals surface area contributed by atoms with E-state index in [4.69, 9.17) is 0 Å². The van der Waals surface area contributed by atoms with Gasteiger partial charge in [0.1, 0.15) is 10.0 Å². The van der Waals surface area contributed by atoms with Gasteiger partial charge in [-0.25, -0.2) is 0 Å². The topological polar surface area (TPSA) is 37.8 Å². The molecule has 1 aromatic heterocycles. The van der Waals surface area contributed by atoms with Gasteiger partial charge in [0, 0.05) is 18.9 Å². The van der Waals surface area contributed by atoms with Crippen molar-refractivity contribution in [1.29, 1.82) is 0 Å². The molecule has 1 aromatic rings. The van der Waals surface area contributed by atoms with Crippen LogP contribution < -0.4 is 5.32 Å². The minimum Gasteiger partial charge on any atom is -0.314 e. The summed E-state index contributed by atoms with van der Waals surface area (Å²) in [5, 5.41) is 14.6. The van der Waals surface area contributed by atoms with E-state index < -0.39 is 0 Å². The second kappa shape index (κ2) is 7.85. The van der Waals surface area contributed by atoms with Gasteiger partial charge in [-0.05, 0) is 32.2 Å². The lowest BCUT2D eigenvalue weighted by Crippen LogP contribution is -2.17. The molecule has 1 heterocycles. The van der Waals surface area contributed by atoms with Gasteiger partial charge in [-0.15, -0.1) is 21.5 Å². The minimum atomic E-state index is 0.827. The van der Waals surface area contributed by atoms with E-state index in [0.29, 0.717) is 0 Å². The number of hydrogen-bond donors (Lipinski definition) is 1. The molecular formula is C14H25N3S. The molecule has 0 amide bonds. The average Bonchev–Trinajstić information content (AvgIpc) is 3.10. The van der Waals surface area contributed by atoms with E-state index in [9.17, 15) is 0 Å². The monoisotopic (exact) mass is 267 g/mol. The normalized spacial score (nSPS) is 15.2. The van der Waals surface area contributed by atoms with Crippen molar-refractivity contribution in [1.82, 2.24) is 15.5 Å². The van der Waals surface area contributed by atoms with Crippen LogP contribution in [0.4, 0.5) is 0 Å². The van der Waals surface area contributed by atoms with E-state index >= 15 is 0 Å². The summed E-state index contributed by atoms with van der Waals surface area (Å²) in [7, 11) is 0. The molecule has 0 spiro atoms. The second-order valence-electron chi connectivity index (χ2n) is 5.23. The summed E-state index contributed by atoms with van der Waals surface area (Å²) in [4.78, 5) is 0. The quantitative estimate of drug-likeness (QED) is 0.661. The fourth-order valence-corrected chi connectivity index (χ4v) is 2.95. The molecule has 0 radical (unpaired) electrons. The molecule has 0 saturated heterocycles. The van der Waals surface area contributed by atoms with Crippen LogP contribution in [0.15, 0.2) is 0 Å². The summed E-state index contributed by atoms with van der Waals surface area (Å²) in [5.41, 5.74) is 0. The molecule has 1 aliphatic rings. The zero-order chi connectivity index (χ0) is 12.6. The van der Waals surface area contributed by atoms with Gasteiger partial charge in [-0.1, -0.05) is 26.2 Å². The van der Waals surface area contributed by atoms with Crippen LogP contribution >= 0.6 is 11.3 Å². The standard InChI is InChI=1S/C14H25N3S/c1-2-3-4-5-7-13-16-17-14(18-13)8-6-11-15-12-9-10-12/h12,15H,2-11H2,1H3. The van der Waals surface area contributed by atoms with Gasteiger partial charge in [-0.3, -0.25) is 0 Å². The Morgan fingerprint density at radius 1 is 1.06 bits per heavy atom. The summed E-state index contributed by atoms with van der Waals surface area (Å²) in [6.07, 6.45) is 11.4. The van der Waals surface area contributed by atoms with Crippen molar-refractivity contribution < 1.29 is 0 Å². The molecule has 0 bridgehead atoms. The van der Waals surface area contributed by atoms with Gasteiger partial charge < -0.3 is 5.32 Å². The lowest BCUT2D eigenvalue weighted by Gasteiger charge is -1.99. The van der Waals surface area contributed by atoms with Crippen LogP contribution in [0.25, 0.3) is 0 Å². The van der Waals surface area contributed by atoms with Crippen molar-refractivity contribution >= 4 is 11.3 Å². The third-order valence-electron chi connectivity index (χ3n) is 3.33. The van der Waals surface area contributed by atoms with E-state index in [1.54, 1.807) is 0 Å². The first-order chi connectivity index (χ1) is 8.88. The van der Waals surface area contributed by atoms with Gasteiger partial charge in [0.2, 0.25) is 0 Å². The van der Waals surface area contributed by atoms with E-state index in [1.165, 1.54) is 55.0 Å².